The minimum Gasteiger partial charge on any atom is -0.354 e. The molecule has 1 nitrogen and oxygen atoms in total. The van der Waals surface area contributed by atoms with Gasteiger partial charge in [-0.15, -0.1) is 0 Å². The second-order valence-electron chi connectivity index (χ2n) is 5.41. The summed E-state index contributed by atoms with van der Waals surface area (Å²) in [6.07, 6.45) is 5.06. The molecule has 0 saturated heterocycles. The van der Waals surface area contributed by atoms with E-state index in [2.05, 4.69) is 55.2 Å². The summed E-state index contributed by atoms with van der Waals surface area (Å²) in [5, 5.41) is 2.71. The Bertz CT molecular complexity index is 706. The molecule has 0 aliphatic heterocycles. The lowest BCUT2D eigenvalue weighted by Crippen LogP contribution is -1.91. The molecule has 1 aromatic heterocycles. The molecular formula is C18H21N. The van der Waals surface area contributed by atoms with E-state index in [0.29, 0.717) is 0 Å². The Morgan fingerprint density at radius 3 is 2.63 bits per heavy atom. The van der Waals surface area contributed by atoms with Gasteiger partial charge in [-0.1, -0.05) is 50.1 Å². The fraction of sp³-hybridized carbons (Fsp3) is 0.333. The number of fused-ring (bicyclic) bond motifs is 3. The van der Waals surface area contributed by atoms with Crippen LogP contribution < -0.4 is 0 Å². The van der Waals surface area contributed by atoms with Crippen LogP contribution in [0.2, 0.25) is 0 Å². The molecule has 3 rings (SSSR count). The highest BCUT2D eigenvalue weighted by molar-refractivity contribution is 6.08. The molecule has 0 unspecified atom stereocenters. The predicted molar refractivity (Wildman–Crippen MR) is 83.8 cm³/mol. The number of aromatic amines is 1. The summed E-state index contributed by atoms with van der Waals surface area (Å²) >= 11 is 0. The third-order valence-electron chi connectivity index (χ3n) is 4.05. The Balaban J connectivity index is 2.16. The van der Waals surface area contributed by atoms with E-state index in [1.165, 1.54) is 58.6 Å². The van der Waals surface area contributed by atoms with Crippen molar-refractivity contribution < 1.29 is 0 Å². The van der Waals surface area contributed by atoms with E-state index in [1.807, 2.05) is 0 Å². The molecule has 0 aliphatic rings. The van der Waals surface area contributed by atoms with Gasteiger partial charge in [0.1, 0.15) is 0 Å². The molecule has 0 bridgehead atoms. The minimum atomic E-state index is 1.18. The lowest BCUT2D eigenvalue weighted by molar-refractivity contribution is 0.717. The van der Waals surface area contributed by atoms with Crippen molar-refractivity contribution in [3.8, 4) is 0 Å². The molecule has 1 heteroatoms. The number of H-pyrrole nitrogens is 1. The molecule has 0 radical (unpaired) electrons. The maximum absolute atomic E-state index is 3.61. The number of hydrogen-bond acceptors (Lipinski definition) is 0. The van der Waals surface area contributed by atoms with Crippen molar-refractivity contribution in [2.24, 2.45) is 0 Å². The van der Waals surface area contributed by atoms with Crippen LogP contribution in [0, 0.1) is 6.92 Å². The van der Waals surface area contributed by atoms with Crippen LogP contribution in [-0.4, -0.2) is 4.98 Å². The Morgan fingerprint density at radius 1 is 0.947 bits per heavy atom. The molecule has 0 saturated carbocycles. The van der Waals surface area contributed by atoms with Crippen LogP contribution in [0.1, 0.15) is 37.3 Å². The number of benzene rings is 2. The number of hydrogen-bond donors (Lipinski definition) is 1. The van der Waals surface area contributed by atoms with Gasteiger partial charge in [-0.25, -0.2) is 0 Å². The van der Waals surface area contributed by atoms with Gasteiger partial charge >= 0.3 is 0 Å². The molecule has 0 atom stereocenters. The topological polar surface area (TPSA) is 15.8 Å². The second kappa shape index (κ2) is 5.08. The van der Waals surface area contributed by atoms with Crippen LogP contribution in [0.5, 0.6) is 0 Å². The van der Waals surface area contributed by atoms with Gasteiger partial charge in [-0.3, -0.25) is 0 Å². The lowest BCUT2D eigenvalue weighted by atomic mass is 9.99. The zero-order valence-electron chi connectivity index (χ0n) is 11.8. The van der Waals surface area contributed by atoms with E-state index >= 15 is 0 Å². The first-order valence-corrected chi connectivity index (χ1v) is 7.30. The van der Waals surface area contributed by atoms with Gasteiger partial charge in [0.15, 0.2) is 0 Å². The van der Waals surface area contributed by atoms with Crippen LogP contribution >= 0.6 is 0 Å². The van der Waals surface area contributed by atoms with Crippen molar-refractivity contribution in [3.05, 3.63) is 47.5 Å². The van der Waals surface area contributed by atoms with Crippen molar-refractivity contribution in [1.82, 2.24) is 4.98 Å². The highest BCUT2D eigenvalue weighted by Crippen LogP contribution is 2.30. The molecular weight excluding hydrogens is 230 g/mol. The number of aryl methyl sites for hydroxylation is 2. The molecule has 0 fully saturated rings. The summed E-state index contributed by atoms with van der Waals surface area (Å²) in [6.45, 7) is 4.49. The van der Waals surface area contributed by atoms with E-state index in [4.69, 9.17) is 0 Å². The number of nitrogens with one attached hydrogen (secondary N) is 1. The van der Waals surface area contributed by atoms with Crippen molar-refractivity contribution in [1.29, 1.82) is 0 Å². The summed E-state index contributed by atoms with van der Waals surface area (Å²) in [5.74, 6) is 0. The maximum Gasteiger partial charge on any atom is 0.0500 e. The van der Waals surface area contributed by atoms with Crippen molar-refractivity contribution in [2.75, 3.05) is 0 Å². The first kappa shape index (κ1) is 12.3. The summed E-state index contributed by atoms with van der Waals surface area (Å²) < 4.78 is 0. The summed E-state index contributed by atoms with van der Waals surface area (Å²) in [4.78, 5) is 3.61. The number of aromatic nitrogens is 1. The Labute approximate surface area is 114 Å². The van der Waals surface area contributed by atoms with Gasteiger partial charge in [0.2, 0.25) is 0 Å². The fourth-order valence-electron chi connectivity index (χ4n) is 2.95. The Hall–Kier alpha value is -1.76. The third kappa shape index (κ3) is 2.14. The van der Waals surface area contributed by atoms with Gasteiger partial charge in [0, 0.05) is 21.8 Å². The van der Waals surface area contributed by atoms with Gasteiger partial charge in [0.05, 0.1) is 0 Å². The standard InChI is InChI=1S/C18H21N/c1-3-4-5-8-14-13(2)11-12-16-15-9-6-7-10-17(15)19-18(14)16/h6-7,9-12,19H,3-5,8H2,1-2H3. The van der Waals surface area contributed by atoms with Crippen LogP contribution in [0.4, 0.5) is 0 Å². The number of para-hydroxylation sites is 1. The number of unbranched alkanes of at least 4 members (excludes halogenated alkanes) is 2. The van der Waals surface area contributed by atoms with Crippen molar-refractivity contribution in [2.45, 2.75) is 39.5 Å². The van der Waals surface area contributed by atoms with Crippen molar-refractivity contribution >= 4 is 21.8 Å². The largest absolute Gasteiger partial charge is 0.354 e. The minimum absolute atomic E-state index is 1.18. The van der Waals surface area contributed by atoms with Crippen LogP contribution in [0.3, 0.4) is 0 Å². The normalized spacial score (nSPS) is 11.5. The van der Waals surface area contributed by atoms with Crippen LogP contribution in [0.25, 0.3) is 21.8 Å². The number of rotatable bonds is 4. The van der Waals surface area contributed by atoms with Gasteiger partial charge in [-0.05, 0) is 37.0 Å². The average Bonchev–Trinajstić information content (AvgIpc) is 2.80. The van der Waals surface area contributed by atoms with E-state index in [-0.39, 0.29) is 0 Å². The zero-order chi connectivity index (χ0) is 13.2. The zero-order valence-corrected chi connectivity index (χ0v) is 11.8. The first-order valence-electron chi connectivity index (χ1n) is 7.30. The van der Waals surface area contributed by atoms with Gasteiger partial charge in [-0.2, -0.15) is 0 Å². The van der Waals surface area contributed by atoms with Gasteiger partial charge in [0.25, 0.3) is 0 Å². The summed E-state index contributed by atoms with van der Waals surface area (Å²) in [7, 11) is 0. The molecule has 98 valence electrons. The van der Waals surface area contributed by atoms with Crippen molar-refractivity contribution in [3.63, 3.8) is 0 Å². The monoisotopic (exact) mass is 251 g/mol. The van der Waals surface area contributed by atoms with E-state index in [1.54, 1.807) is 0 Å². The highest BCUT2D eigenvalue weighted by Gasteiger charge is 2.09. The van der Waals surface area contributed by atoms with E-state index in [9.17, 15) is 0 Å². The molecule has 3 aromatic rings. The first-order chi connectivity index (χ1) is 9.31. The highest BCUT2D eigenvalue weighted by atomic mass is 14.7. The summed E-state index contributed by atoms with van der Waals surface area (Å²) in [6, 6.07) is 13.1. The second-order valence-corrected chi connectivity index (χ2v) is 5.41. The molecule has 0 spiro atoms. The van der Waals surface area contributed by atoms with E-state index < -0.39 is 0 Å². The van der Waals surface area contributed by atoms with Gasteiger partial charge < -0.3 is 4.98 Å². The quantitative estimate of drug-likeness (QED) is 0.601. The SMILES string of the molecule is CCCCCc1c(C)ccc2c1[nH]c1ccccc12. The molecule has 2 aromatic carbocycles. The molecule has 1 heterocycles. The van der Waals surface area contributed by atoms with Crippen LogP contribution in [-0.2, 0) is 6.42 Å². The predicted octanol–water partition coefficient (Wildman–Crippen LogP) is 5.36. The molecule has 1 N–H and O–H groups in total. The Kier molecular flexibility index (Phi) is 3.29. The molecule has 19 heavy (non-hydrogen) atoms. The molecule has 0 aliphatic carbocycles. The van der Waals surface area contributed by atoms with E-state index in [0.717, 1.165) is 0 Å². The smallest absolute Gasteiger partial charge is 0.0500 e. The average molecular weight is 251 g/mol. The lowest BCUT2D eigenvalue weighted by Gasteiger charge is -2.07. The van der Waals surface area contributed by atoms with Crippen LogP contribution in [0.15, 0.2) is 36.4 Å². The maximum atomic E-state index is 3.61. The molecule has 0 amide bonds. The third-order valence-corrected chi connectivity index (χ3v) is 4.05. The summed E-state index contributed by atoms with van der Waals surface area (Å²) in [5.41, 5.74) is 5.51. The Morgan fingerprint density at radius 2 is 1.79 bits per heavy atom. The fourth-order valence-corrected chi connectivity index (χ4v) is 2.95.